The highest BCUT2D eigenvalue weighted by atomic mass is 16.5. The topological polar surface area (TPSA) is 49.7 Å². The lowest BCUT2D eigenvalue weighted by Gasteiger charge is -2.25. The van der Waals surface area contributed by atoms with Crippen molar-refractivity contribution in [3.8, 4) is 5.75 Å². The first-order valence-electron chi connectivity index (χ1n) is 6.70. The average molecular weight is 272 g/mol. The Morgan fingerprint density at radius 1 is 0.800 bits per heavy atom. The molecule has 0 saturated carbocycles. The Labute approximate surface area is 119 Å². The maximum absolute atomic E-state index is 9.73. The van der Waals surface area contributed by atoms with Crippen LogP contribution in [0.4, 0.5) is 0 Å². The largest absolute Gasteiger partial charge is 0.497 e. The van der Waals surface area contributed by atoms with Crippen LogP contribution in [0.1, 0.15) is 23.0 Å². The monoisotopic (exact) mass is 272 g/mol. The summed E-state index contributed by atoms with van der Waals surface area (Å²) in [5.41, 5.74) is 2.03. The lowest BCUT2D eigenvalue weighted by atomic mass is 9.82. The van der Waals surface area contributed by atoms with Gasteiger partial charge in [0.05, 0.1) is 20.3 Å². The second kappa shape index (κ2) is 7.08. The van der Waals surface area contributed by atoms with Gasteiger partial charge < -0.3 is 14.9 Å². The van der Waals surface area contributed by atoms with Crippen LogP contribution in [0.5, 0.6) is 5.75 Å². The average Bonchev–Trinajstić information content (AvgIpc) is 2.53. The number of hydrogen-bond donors (Lipinski definition) is 2. The molecule has 0 spiro atoms. The molecular weight excluding hydrogens is 252 g/mol. The third-order valence-corrected chi connectivity index (χ3v) is 3.65. The fourth-order valence-electron chi connectivity index (χ4n) is 2.48. The standard InChI is InChI=1S/C17H20O3/c1-20-15-9-7-14(8-10-15)17(12-19)16(11-18)13-5-3-2-4-6-13/h2-10,16-19H,11-12H2,1H3/t16-,17-/m0/s1. The van der Waals surface area contributed by atoms with E-state index in [1.165, 1.54) is 0 Å². The Balaban J connectivity index is 2.29. The summed E-state index contributed by atoms with van der Waals surface area (Å²) < 4.78 is 5.14. The summed E-state index contributed by atoms with van der Waals surface area (Å²) >= 11 is 0. The highest BCUT2D eigenvalue weighted by Gasteiger charge is 2.23. The second-order valence-corrected chi connectivity index (χ2v) is 4.76. The predicted molar refractivity (Wildman–Crippen MR) is 79.1 cm³/mol. The van der Waals surface area contributed by atoms with E-state index < -0.39 is 0 Å². The molecule has 0 bridgehead atoms. The van der Waals surface area contributed by atoms with Crippen molar-refractivity contribution < 1.29 is 14.9 Å². The summed E-state index contributed by atoms with van der Waals surface area (Å²) in [4.78, 5) is 0. The zero-order chi connectivity index (χ0) is 14.4. The van der Waals surface area contributed by atoms with E-state index in [9.17, 15) is 10.2 Å². The molecule has 0 aliphatic heterocycles. The first-order valence-corrected chi connectivity index (χ1v) is 6.70. The Morgan fingerprint density at radius 2 is 1.30 bits per heavy atom. The molecule has 0 radical (unpaired) electrons. The Morgan fingerprint density at radius 3 is 1.75 bits per heavy atom. The molecule has 0 amide bonds. The highest BCUT2D eigenvalue weighted by molar-refractivity contribution is 5.33. The van der Waals surface area contributed by atoms with Gasteiger partial charge in [0, 0.05) is 11.8 Å². The van der Waals surface area contributed by atoms with Crippen molar-refractivity contribution in [3.63, 3.8) is 0 Å². The van der Waals surface area contributed by atoms with Gasteiger partial charge in [-0.15, -0.1) is 0 Å². The summed E-state index contributed by atoms with van der Waals surface area (Å²) in [7, 11) is 1.62. The fraction of sp³-hybridized carbons (Fsp3) is 0.294. The molecule has 0 fully saturated rings. The van der Waals surface area contributed by atoms with Crippen molar-refractivity contribution in [3.05, 3.63) is 65.7 Å². The van der Waals surface area contributed by atoms with Gasteiger partial charge in [0.2, 0.25) is 0 Å². The lowest BCUT2D eigenvalue weighted by Crippen LogP contribution is -2.18. The first-order chi connectivity index (χ1) is 9.80. The van der Waals surface area contributed by atoms with E-state index in [1.807, 2.05) is 54.6 Å². The molecule has 0 saturated heterocycles. The van der Waals surface area contributed by atoms with E-state index in [-0.39, 0.29) is 25.0 Å². The van der Waals surface area contributed by atoms with E-state index >= 15 is 0 Å². The number of hydrogen-bond acceptors (Lipinski definition) is 3. The zero-order valence-electron chi connectivity index (χ0n) is 11.6. The maximum atomic E-state index is 9.73. The summed E-state index contributed by atoms with van der Waals surface area (Å²) in [5.74, 6) is 0.536. The minimum atomic E-state index is -0.131. The molecule has 2 aromatic rings. The molecule has 2 atom stereocenters. The summed E-state index contributed by atoms with van der Waals surface area (Å²) in [5, 5.41) is 19.4. The Kier molecular flexibility index (Phi) is 5.16. The molecule has 2 N–H and O–H groups in total. The molecule has 2 rings (SSSR count). The minimum Gasteiger partial charge on any atom is -0.497 e. The van der Waals surface area contributed by atoms with Gasteiger partial charge in [-0.3, -0.25) is 0 Å². The molecular formula is C17H20O3. The molecule has 20 heavy (non-hydrogen) atoms. The third-order valence-electron chi connectivity index (χ3n) is 3.65. The van der Waals surface area contributed by atoms with E-state index in [4.69, 9.17) is 4.74 Å². The second-order valence-electron chi connectivity index (χ2n) is 4.76. The highest BCUT2D eigenvalue weighted by Crippen LogP contribution is 2.33. The smallest absolute Gasteiger partial charge is 0.118 e. The minimum absolute atomic E-state index is 0.00126. The van der Waals surface area contributed by atoms with Crippen LogP contribution in [0.25, 0.3) is 0 Å². The van der Waals surface area contributed by atoms with Gasteiger partial charge in [0.15, 0.2) is 0 Å². The van der Waals surface area contributed by atoms with Crippen LogP contribution < -0.4 is 4.74 Å². The third kappa shape index (κ3) is 3.18. The van der Waals surface area contributed by atoms with Gasteiger partial charge in [0.1, 0.15) is 5.75 Å². The summed E-state index contributed by atoms with van der Waals surface area (Å²) in [6.07, 6.45) is 0. The van der Waals surface area contributed by atoms with Crippen molar-refractivity contribution in [1.82, 2.24) is 0 Å². The van der Waals surface area contributed by atoms with E-state index in [0.717, 1.165) is 16.9 Å². The molecule has 3 heteroatoms. The maximum Gasteiger partial charge on any atom is 0.118 e. The molecule has 106 valence electrons. The Bertz CT molecular complexity index is 508. The van der Waals surface area contributed by atoms with Crippen LogP contribution in [-0.2, 0) is 0 Å². The number of benzene rings is 2. The SMILES string of the molecule is COc1ccc([C@H](CO)[C@@H](CO)c2ccccc2)cc1. The van der Waals surface area contributed by atoms with E-state index in [2.05, 4.69) is 0 Å². The van der Waals surface area contributed by atoms with Gasteiger partial charge in [-0.2, -0.15) is 0 Å². The van der Waals surface area contributed by atoms with Crippen molar-refractivity contribution in [2.45, 2.75) is 11.8 Å². The molecule has 0 aliphatic carbocycles. The van der Waals surface area contributed by atoms with Crippen molar-refractivity contribution in [2.24, 2.45) is 0 Å². The molecule has 0 heterocycles. The molecule has 3 nitrogen and oxygen atoms in total. The van der Waals surface area contributed by atoms with Crippen LogP contribution in [0.2, 0.25) is 0 Å². The number of ether oxygens (including phenoxy) is 1. The Hall–Kier alpha value is -1.84. The van der Waals surface area contributed by atoms with Crippen molar-refractivity contribution >= 4 is 0 Å². The van der Waals surface area contributed by atoms with Crippen LogP contribution in [0.15, 0.2) is 54.6 Å². The van der Waals surface area contributed by atoms with Crippen molar-refractivity contribution in [2.75, 3.05) is 20.3 Å². The predicted octanol–water partition coefficient (Wildman–Crippen LogP) is 2.55. The molecule has 0 aliphatic rings. The molecule has 0 aromatic heterocycles. The number of aliphatic hydroxyl groups is 2. The number of methoxy groups -OCH3 is 1. The molecule has 2 aromatic carbocycles. The van der Waals surface area contributed by atoms with Crippen molar-refractivity contribution in [1.29, 1.82) is 0 Å². The van der Waals surface area contributed by atoms with Gasteiger partial charge in [-0.1, -0.05) is 42.5 Å². The lowest BCUT2D eigenvalue weighted by molar-refractivity contribution is 0.196. The summed E-state index contributed by atoms with van der Waals surface area (Å²) in [6.45, 7) is -0.00623. The van der Waals surface area contributed by atoms with Crippen LogP contribution in [-0.4, -0.2) is 30.5 Å². The van der Waals surface area contributed by atoms with E-state index in [1.54, 1.807) is 7.11 Å². The number of aliphatic hydroxyl groups excluding tert-OH is 2. The van der Waals surface area contributed by atoms with E-state index in [0.29, 0.717) is 0 Å². The first kappa shape index (κ1) is 14.6. The normalized spacial score (nSPS) is 13.8. The van der Waals surface area contributed by atoms with Crippen LogP contribution in [0, 0.1) is 0 Å². The van der Waals surface area contributed by atoms with Gasteiger partial charge in [-0.05, 0) is 23.3 Å². The van der Waals surface area contributed by atoms with Crippen LogP contribution >= 0.6 is 0 Å². The van der Waals surface area contributed by atoms with Gasteiger partial charge in [0.25, 0.3) is 0 Å². The fourth-order valence-corrected chi connectivity index (χ4v) is 2.48. The van der Waals surface area contributed by atoms with Crippen LogP contribution in [0.3, 0.4) is 0 Å². The number of rotatable bonds is 6. The summed E-state index contributed by atoms with van der Waals surface area (Å²) in [6, 6.07) is 17.4. The van der Waals surface area contributed by atoms with Gasteiger partial charge >= 0.3 is 0 Å². The zero-order valence-corrected chi connectivity index (χ0v) is 11.6. The molecule has 0 unspecified atom stereocenters. The van der Waals surface area contributed by atoms with Gasteiger partial charge in [-0.25, -0.2) is 0 Å². The quantitative estimate of drug-likeness (QED) is 0.849.